The topological polar surface area (TPSA) is 114 Å². The van der Waals surface area contributed by atoms with Gasteiger partial charge in [0.25, 0.3) is 0 Å². The number of benzene rings is 1. The van der Waals surface area contributed by atoms with Crippen molar-refractivity contribution in [3.05, 3.63) is 41.5 Å². The van der Waals surface area contributed by atoms with Gasteiger partial charge in [0, 0.05) is 31.7 Å². The molecule has 0 radical (unpaired) electrons. The highest BCUT2D eigenvalue weighted by molar-refractivity contribution is 5.93. The van der Waals surface area contributed by atoms with E-state index in [0.717, 1.165) is 5.56 Å². The van der Waals surface area contributed by atoms with Crippen LogP contribution in [0.15, 0.2) is 35.9 Å². The van der Waals surface area contributed by atoms with E-state index in [1.54, 1.807) is 31.2 Å². The zero-order chi connectivity index (χ0) is 21.6. The molecule has 1 aromatic rings. The molecule has 0 aromatic heterocycles. The lowest BCUT2D eigenvalue weighted by molar-refractivity contribution is -0.139. The number of esters is 1. The molecule has 8 nitrogen and oxygen atoms in total. The van der Waals surface area contributed by atoms with Gasteiger partial charge >= 0.3 is 5.97 Å². The molecule has 0 fully saturated rings. The molecule has 0 bridgehead atoms. The Hall–Kier alpha value is -3.29. The van der Waals surface area contributed by atoms with Crippen LogP contribution in [0, 0.1) is 0 Å². The minimum atomic E-state index is -0.394. The molecular formula is C21H28N2O6. The minimum Gasteiger partial charge on any atom is -0.504 e. The van der Waals surface area contributed by atoms with Crippen LogP contribution in [0.4, 0.5) is 0 Å². The predicted molar refractivity (Wildman–Crippen MR) is 109 cm³/mol. The van der Waals surface area contributed by atoms with Gasteiger partial charge in [0.1, 0.15) is 6.61 Å². The van der Waals surface area contributed by atoms with Crippen molar-refractivity contribution in [3.63, 3.8) is 0 Å². The summed E-state index contributed by atoms with van der Waals surface area (Å²) in [6, 6.07) is 4.80. The Morgan fingerprint density at radius 2 is 1.79 bits per heavy atom. The van der Waals surface area contributed by atoms with Crippen LogP contribution in [0.1, 0.15) is 32.3 Å². The van der Waals surface area contributed by atoms with Gasteiger partial charge in [0.05, 0.1) is 7.11 Å². The third-order valence-electron chi connectivity index (χ3n) is 3.85. The fourth-order valence-electron chi connectivity index (χ4n) is 2.21. The van der Waals surface area contributed by atoms with Crippen LogP contribution in [-0.4, -0.2) is 49.7 Å². The third-order valence-corrected chi connectivity index (χ3v) is 3.85. The zero-order valence-corrected chi connectivity index (χ0v) is 17.0. The van der Waals surface area contributed by atoms with E-state index in [2.05, 4.69) is 10.6 Å². The molecule has 0 atom stereocenters. The van der Waals surface area contributed by atoms with Crippen LogP contribution in [-0.2, 0) is 19.1 Å². The fourth-order valence-corrected chi connectivity index (χ4v) is 2.21. The number of methoxy groups -OCH3 is 1. The van der Waals surface area contributed by atoms with Crippen molar-refractivity contribution in [2.24, 2.45) is 0 Å². The van der Waals surface area contributed by atoms with Gasteiger partial charge in [-0.25, -0.2) is 0 Å². The number of nitrogens with one attached hydrogen (secondary N) is 2. The summed E-state index contributed by atoms with van der Waals surface area (Å²) in [5.41, 5.74) is 1.21. The van der Waals surface area contributed by atoms with Crippen molar-refractivity contribution in [3.8, 4) is 11.5 Å². The fraction of sp³-hybridized carbons (Fsp3) is 0.381. The van der Waals surface area contributed by atoms with E-state index in [4.69, 9.17) is 9.47 Å². The largest absolute Gasteiger partial charge is 0.504 e. The van der Waals surface area contributed by atoms with E-state index in [-0.39, 0.29) is 24.2 Å². The van der Waals surface area contributed by atoms with Gasteiger partial charge in [-0.1, -0.05) is 6.07 Å². The number of aromatic hydroxyl groups is 1. The minimum absolute atomic E-state index is 0.0382. The molecule has 0 aliphatic carbocycles. The Morgan fingerprint density at radius 3 is 2.45 bits per heavy atom. The summed E-state index contributed by atoms with van der Waals surface area (Å²) in [6.07, 6.45) is 6.01. The first kappa shape index (κ1) is 23.7. The van der Waals surface area contributed by atoms with E-state index in [1.165, 1.54) is 26.2 Å². The number of ether oxygens (including phenoxy) is 2. The zero-order valence-electron chi connectivity index (χ0n) is 17.0. The Morgan fingerprint density at radius 1 is 1.10 bits per heavy atom. The van der Waals surface area contributed by atoms with Crippen molar-refractivity contribution >= 4 is 23.9 Å². The number of rotatable bonds is 11. The van der Waals surface area contributed by atoms with Crippen molar-refractivity contribution in [1.82, 2.24) is 10.6 Å². The Kier molecular flexibility index (Phi) is 10.6. The molecule has 0 saturated heterocycles. The standard InChI is InChI=1S/C21H28N2O6/c1-15(10-13-29-16(2)24)21(27)23-12-5-4-11-22-20(26)9-7-17-6-8-18(25)19(14-17)28-3/h6-10,14,25H,4-5,11-13H2,1-3H3,(H,22,26)(H,23,27)/b9-7+,15-10+. The van der Waals surface area contributed by atoms with Crippen LogP contribution in [0.5, 0.6) is 11.5 Å². The van der Waals surface area contributed by atoms with E-state index >= 15 is 0 Å². The lowest BCUT2D eigenvalue weighted by atomic mass is 10.2. The smallest absolute Gasteiger partial charge is 0.302 e. The highest BCUT2D eigenvalue weighted by atomic mass is 16.5. The van der Waals surface area contributed by atoms with Gasteiger partial charge in [-0.2, -0.15) is 0 Å². The van der Waals surface area contributed by atoms with Gasteiger partial charge in [-0.15, -0.1) is 0 Å². The molecule has 0 spiro atoms. The molecule has 29 heavy (non-hydrogen) atoms. The second-order valence-corrected chi connectivity index (χ2v) is 6.21. The van der Waals surface area contributed by atoms with Crippen LogP contribution < -0.4 is 15.4 Å². The molecule has 0 unspecified atom stereocenters. The highest BCUT2D eigenvalue weighted by Crippen LogP contribution is 2.26. The van der Waals surface area contributed by atoms with Crippen molar-refractivity contribution in [2.75, 3.05) is 26.8 Å². The predicted octanol–water partition coefficient (Wildman–Crippen LogP) is 1.94. The van der Waals surface area contributed by atoms with Gasteiger partial charge in [-0.3, -0.25) is 14.4 Å². The number of carbonyl (C=O) groups is 3. The third kappa shape index (κ3) is 9.99. The van der Waals surface area contributed by atoms with Crippen LogP contribution in [0.25, 0.3) is 6.08 Å². The normalized spacial score (nSPS) is 11.2. The number of carbonyl (C=O) groups excluding carboxylic acids is 3. The van der Waals surface area contributed by atoms with E-state index in [0.29, 0.717) is 37.3 Å². The molecule has 3 N–H and O–H groups in total. The second-order valence-electron chi connectivity index (χ2n) is 6.21. The second kappa shape index (κ2) is 13.0. The summed E-state index contributed by atoms with van der Waals surface area (Å²) >= 11 is 0. The number of phenolic OH excluding ortho intramolecular Hbond substituents is 1. The van der Waals surface area contributed by atoms with Crippen LogP contribution in [0.2, 0.25) is 0 Å². The van der Waals surface area contributed by atoms with E-state index < -0.39 is 5.97 Å². The maximum absolute atomic E-state index is 11.8. The molecule has 2 amide bonds. The molecule has 0 aliphatic heterocycles. The van der Waals surface area contributed by atoms with Gasteiger partial charge < -0.3 is 25.2 Å². The maximum Gasteiger partial charge on any atom is 0.302 e. The molecule has 1 rings (SSSR count). The molecule has 1 aromatic carbocycles. The first-order valence-electron chi connectivity index (χ1n) is 9.24. The van der Waals surface area contributed by atoms with Crippen LogP contribution >= 0.6 is 0 Å². The summed E-state index contributed by atoms with van der Waals surface area (Å²) in [5.74, 6) is -0.463. The maximum atomic E-state index is 11.8. The molecule has 0 saturated carbocycles. The summed E-state index contributed by atoms with van der Waals surface area (Å²) < 4.78 is 9.77. The summed E-state index contributed by atoms with van der Waals surface area (Å²) in [5, 5.41) is 15.1. The Bertz CT molecular complexity index is 770. The first-order chi connectivity index (χ1) is 13.8. The molecule has 158 valence electrons. The number of hydrogen-bond acceptors (Lipinski definition) is 6. The Labute approximate surface area is 170 Å². The lowest BCUT2D eigenvalue weighted by Gasteiger charge is -2.06. The van der Waals surface area contributed by atoms with Crippen LogP contribution in [0.3, 0.4) is 0 Å². The highest BCUT2D eigenvalue weighted by Gasteiger charge is 2.04. The quantitative estimate of drug-likeness (QED) is 0.295. The Balaban J connectivity index is 2.22. The molecule has 0 aliphatic rings. The summed E-state index contributed by atoms with van der Waals surface area (Å²) in [6.45, 7) is 4.00. The van der Waals surface area contributed by atoms with E-state index in [9.17, 15) is 19.5 Å². The van der Waals surface area contributed by atoms with Crippen molar-refractivity contribution < 1.29 is 29.0 Å². The van der Waals surface area contributed by atoms with Gasteiger partial charge in [0.15, 0.2) is 11.5 Å². The van der Waals surface area contributed by atoms with Crippen molar-refractivity contribution in [1.29, 1.82) is 0 Å². The SMILES string of the molecule is COc1cc(/C=C/C(=O)NCCCCNC(=O)/C(C)=C/COC(C)=O)ccc1O. The number of unbranched alkanes of at least 4 members (excludes halogenated alkanes) is 1. The average Bonchev–Trinajstić information content (AvgIpc) is 2.69. The molecular weight excluding hydrogens is 376 g/mol. The average molecular weight is 404 g/mol. The van der Waals surface area contributed by atoms with Gasteiger partial charge in [0.2, 0.25) is 11.8 Å². The molecule has 0 heterocycles. The van der Waals surface area contributed by atoms with Gasteiger partial charge in [-0.05, 0) is 49.6 Å². The number of hydrogen-bond donors (Lipinski definition) is 3. The number of amides is 2. The monoisotopic (exact) mass is 404 g/mol. The molecule has 8 heteroatoms. The number of phenols is 1. The first-order valence-corrected chi connectivity index (χ1v) is 9.24. The van der Waals surface area contributed by atoms with E-state index in [1.807, 2.05) is 0 Å². The van der Waals surface area contributed by atoms with Crippen molar-refractivity contribution in [2.45, 2.75) is 26.7 Å². The lowest BCUT2D eigenvalue weighted by Crippen LogP contribution is -2.27. The summed E-state index contributed by atoms with van der Waals surface area (Å²) in [4.78, 5) is 34.3. The summed E-state index contributed by atoms with van der Waals surface area (Å²) in [7, 11) is 1.46.